The van der Waals surface area contributed by atoms with Crippen molar-refractivity contribution in [3.63, 3.8) is 0 Å². The lowest BCUT2D eigenvalue weighted by Crippen LogP contribution is -2.41. The highest BCUT2D eigenvalue weighted by atomic mass is 16.1. The fraction of sp³-hybridized carbons (Fsp3) is 0.833. The Hall–Kier alpha value is -0.660. The van der Waals surface area contributed by atoms with Gasteiger partial charge in [0.05, 0.1) is 0 Å². The van der Waals surface area contributed by atoms with Gasteiger partial charge in [-0.05, 0) is 12.8 Å². The maximum Gasteiger partial charge on any atom is 0.139 e. The summed E-state index contributed by atoms with van der Waals surface area (Å²) >= 11 is 0. The van der Waals surface area contributed by atoms with Gasteiger partial charge in [-0.1, -0.05) is 27.7 Å². The molecule has 0 bridgehead atoms. The largest absolute Gasteiger partial charge is 0.299 e. The van der Waals surface area contributed by atoms with Gasteiger partial charge in [-0.3, -0.25) is 9.59 Å². The van der Waals surface area contributed by atoms with Gasteiger partial charge in [-0.15, -0.1) is 0 Å². The Morgan fingerprint density at radius 3 is 1.29 bits per heavy atom. The summed E-state index contributed by atoms with van der Waals surface area (Å²) in [4.78, 5) is 23.4. The second-order valence-corrected chi connectivity index (χ2v) is 4.90. The first-order valence-electron chi connectivity index (χ1n) is 5.52. The molecule has 0 heterocycles. The molecule has 0 unspecified atom stereocenters. The van der Waals surface area contributed by atoms with Gasteiger partial charge in [0.2, 0.25) is 0 Å². The summed E-state index contributed by atoms with van der Waals surface area (Å²) < 4.78 is 0. The summed E-state index contributed by atoms with van der Waals surface area (Å²) in [5.41, 5.74) is 0. The van der Waals surface area contributed by atoms with E-state index in [9.17, 15) is 9.59 Å². The summed E-state index contributed by atoms with van der Waals surface area (Å²) in [5.74, 6) is 0.755. The fourth-order valence-corrected chi connectivity index (χ4v) is 2.04. The molecule has 0 N–H and O–H groups in total. The maximum absolute atomic E-state index is 11.7. The third-order valence-electron chi connectivity index (χ3n) is 3.14. The van der Waals surface area contributed by atoms with E-state index < -0.39 is 0 Å². The molecule has 0 saturated heterocycles. The minimum absolute atomic E-state index is 0.0323. The van der Waals surface area contributed by atoms with Crippen LogP contribution >= 0.6 is 0 Å². The van der Waals surface area contributed by atoms with Crippen molar-refractivity contribution in [1.82, 2.24) is 0 Å². The lowest BCUT2D eigenvalue weighted by Gasteiger charge is -2.36. The zero-order valence-corrected chi connectivity index (χ0v) is 9.54. The molecule has 0 aromatic rings. The lowest BCUT2D eigenvalue weighted by atomic mass is 9.66. The maximum atomic E-state index is 11.7. The number of carbonyl (C=O) groups excluding carboxylic acids is 2. The van der Waals surface area contributed by atoms with Gasteiger partial charge in [0.15, 0.2) is 0 Å². The van der Waals surface area contributed by atoms with E-state index >= 15 is 0 Å². The van der Waals surface area contributed by atoms with Crippen LogP contribution in [0.3, 0.4) is 0 Å². The first-order chi connectivity index (χ1) is 6.45. The summed E-state index contributed by atoms with van der Waals surface area (Å²) in [6.07, 6.45) is 1.83. The van der Waals surface area contributed by atoms with Crippen LogP contribution in [-0.4, -0.2) is 11.6 Å². The summed E-state index contributed by atoms with van der Waals surface area (Å²) in [6.45, 7) is 7.66. The fourth-order valence-electron chi connectivity index (χ4n) is 2.04. The summed E-state index contributed by atoms with van der Waals surface area (Å²) in [6, 6.07) is 0. The molecule has 1 aliphatic rings. The van der Waals surface area contributed by atoms with Crippen LogP contribution in [0.5, 0.6) is 0 Å². The average molecular weight is 196 g/mol. The second kappa shape index (κ2) is 4.24. The van der Waals surface area contributed by atoms with Crippen molar-refractivity contribution in [2.75, 3.05) is 0 Å². The van der Waals surface area contributed by atoms with Crippen molar-refractivity contribution >= 4 is 11.6 Å². The molecular formula is C12H20O2. The van der Waals surface area contributed by atoms with Gasteiger partial charge in [0, 0.05) is 23.7 Å². The van der Waals surface area contributed by atoms with Crippen LogP contribution in [0.25, 0.3) is 0 Å². The predicted octanol–water partition coefficient (Wildman–Crippen LogP) is 2.46. The van der Waals surface area contributed by atoms with Crippen molar-refractivity contribution < 1.29 is 9.59 Å². The lowest BCUT2D eigenvalue weighted by molar-refractivity contribution is -0.141. The molecule has 0 amide bonds. The van der Waals surface area contributed by atoms with Crippen LogP contribution in [0, 0.1) is 23.7 Å². The van der Waals surface area contributed by atoms with Crippen LogP contribution in [-0.2, 0) is 9.59 Å². The van der Waals surface area contributed by atoms with Crippen molar-refractivity contribution in [3.8, 4) is 0 Å². The number of ketones is 2. The Labute approximate surface area is 86.1 Å². The van der Waals surface area contributed by atoms with Gasteiger partial charge in [0.1, 0.15) is 11.6 Å². The van der Waals surface area contributed by atoms with E-state index in [-0.39, 0.29) is 35.2 Å². The van der Waals surface area contributed by atoms with Gasteiger partial charge >= 0.3 is 0 Å². The molecule has 0 spiro atoms. The van der Waals surface area contributed by atoms with Crippen LogP contribution in [0.2, 0.25) is 0 Å². The molecule has 0 aliphatic heterocycles. The molecule has 0 aromatic heterocycles. The topological polar surface area (TPSA) is 34.1 Å². The Bertz CT molecular complexity index is 215. The summed E-state index contributed by atoms with van der Waals surface area (Å²) in [5, 5.41) is 0. The highest BCUT2D eigenvalue weighted by Crippen LogP contribution is 2.38. The Morgan fingerprint density at radius 2 is 1.14 bits per heavy atom. The molecule has 1 aliphatic carbocycles. The van der Waals surface area contributed by atoms with E-state index in [1.807, 2.05) is 27.7 Å². The third kappa shape index (κ3) is 2.05. The molecule has 0 aromatic carbocycles. The van der Waals surface area contributed by atoms with Crippen molar-refractivity contribution in [3.05, 3.63) is 0 Å². The van der Waals surface area contributed by atoms with Crippen molar-refractivity contribution in [2.24, 2.45) is 23.7 Å². The van der Waals surface area contributed by atoms with Gasteiger partial charge in [-0.2, -0.15) is 0 Å². The van der Waals surface area contributed by atoms with E-state index in [4.69, 9.17) is 0 Å². The molecular weight excluding hydrogens is 176 g/mol. The third-order valence-corrected chi connectivity index (χ3v) is 3.14. The van der Waals surface area contributed by atoms with Gasteiger partial charge < -0.3 is 0 Å². The van der Waals surface area contributed by atoms with E-state index in [1.54, 1.807) is 0 Å². The molecule has 2 heteroatoms. The Balaban J connectivity index is 2.59. The normalized spacial score (nSPS) is 26.4. The number of carbonyl (C=O) groups is 2. The zero-order valence-electron chi connectivity index (χ0n) is 9.54. The first-order valence-corrected chi connectivity index (χ1v) is 5.52. The highest BCUT2D eigenvalue weighted by Gasteiger charge is 2.41. The van der Waals surface area contributed by atoms with Gasteiger partial charge in [-0.25, -0.2) is 0 Å². The number of hydrogen-bond acceptors (Lipinski definition) is 2. The van der Waals surface area contributed by atoms with Crippen LogP contribution in [0.15, 0.2) is 0 Å². The molecule has 1 rings (SSSR count). The standard InChI is InChI=1S/C12H20O2/c1-7(2)11(13)9-5-6-10(9)12(14)8(3)4/h7-10H,5-6H2,1-4H3/t9-,10+. The highest BCUT2D eigenvalue weighted by molar-refractivity contribution is 5.92. The number of hydrogen-bond donors (Lipinski definition) is 0. The van der Waals surface area contributed by atoms with E-state index in [1.165, 1.54) is 0 Å². The minimum Gasteiger partial charge on any atom is -0.299 e. The van der Waals surface area contributed by atoms with E-state index in [2.05, 4.69) is 0 Å². The molecule has 0 radical (unpaired) electrons. The Kier molecular flexibility index (Phi) is 3.46. The number of rotatable bonds is 4. The smallest absolute Gasteiger partial charge is 0.139 e. The first kappa shape index (κ1) is 11.4. The zero-order chi connectivity index (χ0) is 10.9. The molecule has 2 nitrogen and oxygen atoms in total. The number of Topliss-reactive ketones (excluding diaryl/α,β-unsaturated/α-hetero) is 2. The van der Waals surface area contributed by atoms with Gasteiger partial charge in [0.25, 0.3) is 0 Å². The molecule has 1 fully saturated rings. The Morgan fingerprint density at radius 1 is 0.857 bits per heavy atom. The van der Waals surface area contributed by atoms with Crippen LogP contribution < -0.4 is 0 Å². The predicted molar refractivity (Wildman–Crippen MR) is 55.9 cm³/mol. The van der Waals surface area contributed by atoms with E-state index in [0.29, 0.717) is 0 Å². The van der Waals surface area contributed by atoms with Crippen molar-refractivity contribution in [2.45, 2.75) is 40.5 Å². The summed E-state index contributed by atoms with van der Waals surface area (Å²) in [7, 11) is 0. The SMILES string of the molecule is CC(C)C(=O)[C@H]1CC[C@H]1C(=O)C(C)C. The molecule has 1 saturated carbocycles. The monoisotopic (exact) mass is 196 g/mol. The minimum atomic E-state index is 0.0323. The quantitative estimate of drug-likeness (QED) is 0.692. The van der Waals surface area contributed by atoms with Crippen LogP contribution in [0.1, 0.15) is 40.5 Å². The van der Waals surface area contributed by atoms with Crippen molar-refractivity contribution in [1.29, 1.82) is 0 Å². The van der Waals surface area contributed by atoms with E-state index in [0.717, 1.165) is 12.8 Å². The molecule has 14 heavy (non-hydrogen) atoms. The molecule has 80 valence electrons. The average Bonchev–Trinajstić information content (AvgIpc) is 2.01. The van der Waals surface area contributed by atoms with Crippen LogP contribution in [0.4, 0.5) is 0 Å². The second-order valence-electron chi connectivity index (χ2n) is 4.90. The molecule has 2 atom stereocenters.